The lowest BCUT2D eigenvalue weighted by molar-refractivity contribution is -0.167. The molecule has 0 atom stereocenters. The van der Waals surface area contributed by atoms with Crippen molar-refractivity contribution < 1.29 is 18.0 Å². The fourth-order valence-corrected chi connectivity index (χ4v) is 1.84. The molecule has 0 aliphatic carbocycles. The van der Waals surface area contributed by atoms with Gasteiger partial charge in [-0.25, -0.2) is 10.1 Å². The molecule has 0 saturated heterocycles. The number of imidazole rings is 1. The Morgan fingerprint density at radius 1 is 1.24 bits per heavy atom. The molecule has 3 rings (SSSR count). The van der Waals surface area contributed by atoms with E-state index >= 15 is 0 Å². The Morgan fingerprint density at radius 3 is 2.62 bits per heavy atom. The largest absolute Gasteiger partial charge is 0.471 e. The van der Waals surface area contributed by atoms with Crippen molar-refractivity contribution in [2.45, 2.75) is 6.18 Å². The summed E-state index contributed by atoms with van der Waals surface area (Å²) in [6.45, 7) is 0. The molecular formula is C12H8F3N5O. The van der Waals surface area contributed by atoms with Gasteiger partial charge in [-0.05, 0) is 12.1 Å². The summed E-state index contributed by atoms with van der Waals surface area (Å²) in [6.07, 6.45) is -1.76. The summed E-state index contributed by atoms with van der Waals surface area (Å²) >= 11 is 0. The summed E-state index contributed by atoms with van der Waals surface area (Å²) in [6, 6.07) is 5.95. The number of hydrogen-bond acceptors (Lipinski definition) is 3. The molecule has 21 heavy (non-hydrogen) atoms. The second kappa shape index (κ2) is 4.62. The zero-order valence-electron chi connectivity index (χ0n) is 10.3. The Balaban J connectivity index is 1.85. The Kier molecular flexibility index (Phi) is 2.89. The fraction of sp³-hybridized carbons (Fsp3) is 0.0833. The number of fused-ring (bicyclic) bond motifs is 1. The van der Waals surface area contributed by atoms with Crippen molar-refractivity contribution in [3.05, 3.63) is 36.8 Å². The molecule has 2 aromatic heterocycles. The highest BCUT2D eigenvalue weighted by Crippen LogP contribution is 2.23. The summed E-state index contributed by atoms with van der Waals surface area (Å²) < 4.78 is 38.1. The van der Waals surface area contributed by atoms with E-state index < -0.39 is 12.1 Å². The average Bonchev–Trinajstić information content (AvgIpc) is 3.01. The van der Waals surface area contributed by atoms with E-state index in [1.165, 1.54) is 18.5 Å². The molecule has 0 fully saturated rings. The molecule has 0 aliphatic rings. The minimum absolute atomic E-state index is 0.0639. The van der Waals surface area contributed by atoms with Crippen molar-refractivity contribution >= 4 is 17.4 Å². The molecule has 0 spiro atoms. The van der Waals surface area contributed by atoms with E-state index in [2.05, 4.69) is 15.2 Å². The minimum Gasteiger partial charge on any atom is -0.318 e. The quantitative estimate of drug-likeness (QED) is 0.761. The first kappa shape index (κ1) is 13.2. The van der Waals surface area contributed by atoms with Crippen molar-refractivity contribution in [3.8, 4) is 11.3 Å². The molecule has 6 nitrogen and oxygen atoms in total. The zero-order valence-corrected chi connectivity index (χ0v) is 10.3. The second-order valence-corrected chi connectivity index (χ2v) is 4.22. The van der Waals surface area contributed by atoms with E-state index in [4.69, 9.17) is 0 Å². The lowest BCUT2D eigenvalue weighted by atomic mass is 10.1. The molecule has 2 N–H and O–H groups in total. The van der Waals surface area contributed by atoms with E-state index in [-0.39, 0.29) is 5.69 Å². The second-order valence-electron chi connectivity index (χ2n) is 4.22. The Bertz CT molecular complexity index is 787. The van der Waals surface area contributed by atoms with Gasteiger partial charge < -0.3 is 5.32 Å². The minimum atomic E-state index is -4.91. The molecule has 108 valence electrons. The highest BCUT2D eigenvalue weighted by molar-refractivity contribution is 5.95. The van der Waals surface area contributed by atoms with Crippen LogP contribution >= 0.6 is 0 Å². The van der Waals surface area contributed by atoms with Gasteiger partial charge in [0.2, 0.25) is 5.78 Å². The first-order valence-corrected chi connectivity index (χ1v) is 5.80. The summed E-state index contributed by atoms with van der Waals surface area (Å²) in [4.78, 5) is 14.9. The molecular weight excluding hydrogens is 287 g/mol. The highest BCUT2D eigenvalue weighted by Gasteiger charge is 2.38. The number of alkyl halides is 3. The molecule has 0 radical (unpaired) electrons. The number of halogens is 3. The number of hydrogen-bond donors (Lipinski definition) is 2. The highest BCUT2D eigenvalue weighted by atomic mass is 19.4. The van der Waals surface area contributed by atoms with Crippen LogP contribution in [0.5, 0.6) is 0 Å². The van der Waals surface area contributed by atoms with Gasteiger partial charge in [-0.15, -0.1) is 0 Å². The van der Waals surface area contributed by atoms with Gasteiger partial charge in [-0.3, -0.25) is 9.20 Å². The normalized spacial score (nSPS) is 11.8. The fourth-order valence-electron chi connectivity index (χ4n) is 1.84. The molecule has 0 aliphatic heterocycles. The van der Waals surface area contributed by atoms with Gasteiger partial charge in [0.25, 0.3) is 0 Å². The van der Waals surface area contributed by atoms with Gasteiger partial charge >= 0.3 is 12.1 Å². The van der Waals surface area contributed by atoms with E-state index in [0.717, 1.165) is 11.3 Å². The number of nitrogens with zero attached hydrogens (tertiary/aromatic N) is 3. The molecule has 0 unspecified atom stereocenters. The van der Waals surface area contributed by atoms with Crippen molar-refractivity contribution in [1.29, 1.82) is 0 Å². The van der Waals surface area contributed by atoms with Gasteiger partial charge in [0.1, 0.15) is 6.33 Å². The number of aromatic amines is 1. The maximum atomic E-state index is 12.1. The van der Waals surface area contributed by atoms with Crippen molar-refractivity contribution in [2.24, 2.45) is 0 Å². The van der Waals surface area contributed by atoms with E-state index in [0.29, 0.717) is 5.78 Å². The maximum absolute atomic E-state index is 12.1. The molecule has 1 aromatic carbocycles. The van der Waals surface area contributed by atoms with Crippen molar-refractivity contribution in [2.75, 3.05) is 5.32 Å². The number of carbonyl (C=O) groups is 1. The number of nitrogens with one attached hydrogen (secondary N) is 2. The van der Waals surface area contributed by atoms with Crippen LogP contribution < -0.4 is 5.32 Å². The average molecular weight is 295 g/mol. The SMILES string of the molecule is O=C(Nc1ccc(-c2cnc3[nH]ncn23)cc1)C(F)(F)F. The Morgan fingerprint density at radius 2 is 1.95 bits per heavy atom. The van der Waals surface area contributed by atoms with Gasteiger partial charge in [-0.1, -0.05) is 12.1 Å². The Labute approximate surface area is 115 Å². The first-order valence-electron chi connectivity index (χ1n) is 5.80. The van der Waals surface area contributed by atoms with E-state index in [9.17, 15) is 18.0 Å². The predicted molar refractivity (Wildman–Crippen MR) is 67.5 cm³/mol. The van der Waals surface area contributed by atoms with Crippen LogP contribution in [0.3, 0.4) is 0 Å². The molecule has 1 amide bonds. The van der Waals surface area contributed by atoms with Crippen LogP contribution in [0.2, 0.25) is 0 Å². The van der Waals surface area contributed by atoms with Crippen molar-refractivity contribution in [1.82, 2.24) is 19.6 Å². The van der Waals surface area contributed by atoms with Gasteiger partial charge in [-0.2, -0.15) is 18.3 Å². The maximum Gasteiger partial charge on any atom is 0.471 e. The van der Waals surface area contributed by atoms with Gasteiger partial charge in [0.05, 0.1) is 11.9 Å². The van der Waals surface area contributed by atoms with Crippen LogP contribution in [0.25, 0.3) is 17.0 Å². The number of amides is 1. The molecule has 9 heteroatoms. The van der Waals surface area contributed by atoms with Crippen molar-refractivity contribution in [3.63, 3.8) is 0 Å². The zero-order chi connectivity index (χ0) is 15.0. The summed E-state index contributed by atoms with van der Waals surface area (Å²) in [5.74, 6) is -1.45. The number of rotatable bonds is 2. The topological polar surface area (TPSA) is 75.1 Å². The lowest BCUT2D eigenvalue weighted by Crippen LogP contribution is -2.29. The first-order chi connectivity index (χ1) is 9.95. The van der Waals surface area contributed by atoms with Crippen LogP contribution in [0.15, 0.2) is 36.8 Å². The molecule has 2 heterocycles. The van der Waals surface area contributed by atoms with Gasteiger partial charge in [0.15, 0.2) is 0 Å². The molecule has 3 aromatic rings. The smallest absolute Gasteiger partial charge is 0.318 e. The standard InChI is InChI=1S/C12H8F3N5O/c13-12(14,15)10(21)18-8-3-1-7(2-4-8)9-5-16-11-19-17-6-20(9)11/h1-6H,(H,16,19)(H,18,21). The van der Waals surface area contributed by atoms with Crippen LogP contribution in [-0.4, -0.2) is 31.7 Å². The van der Waals surface area contributed by atoms with Crippen LogP contribution in [-0.2, 0) is 4.79 Å². The third-order valence-corrected chi connectivity index (χ3v) is 2.83. The number of anilines is 1. The number of H-pyrrole nitrogens is 1. The monoisotopic (exact) mass is 295 g/mol. The van der Waals surface area contributed by atoms with Gasteiger partial charge in [0, 0.05) is 11.3 Å². The number of carbonyl (C=O) groups excluding carboxylic acids is 1. The van der Waals surface area contributed by atoms with Crippen LogP contribution in [0.1, 0.15) is 0 Å². The number of benzene rings is 1. The third-order valence-electron chi connectivity index (χ3n) is 2.83. The predicted octanol–water partition coefficient (Wildman–Crippen LogP) is 2.23. The molecule has 0 bridgehead atoms. The summed E-state index contributed by atoms with van der Waals surface area (Å²) in [5, 5.41) is 8.29. The van der Waals surface area contributed by atoms with Crippen LogP contribution in [0, 0.1) is 0 Å². The lowest BCUT2D eigenvalue weighted by Gasteiger charge is -2.08. The van der Waals surface area contributed by atoms with E-state index in [1.807, 2.05) is 0 Å². The van der Waals surface area contributed by atoms with E-state index in [1.54, 1.807) is 28.0 Å². The third kappa shape index (κ3) is 2.45. The summed E-state index contributed by atoms with van der Waals surface area (Å²) in [5.41, 5.74) is 1.52. The Hall–Kier alpha value is -2.84. The summed E-state index contributed by atoms with van der Waals surface area (Å²) in [7, 11) is 0. The number of aromatic nitrogens is 4. The molecule has 0 saturated carbocycles. The van der Waals surface area contributed by atoms with Crippen LogP contribution in [0.4, 0.5) is 18.9 Å².